The molecule has 0 unspecified atom stereocenters. The molecule has 156 valence electrons. The van der Waals surface area contributed by atoms with Crippen LogP contribution in [0.4, 0.5) is 5.69 Å². The van der Waals surface area contributed by atoms with Gasteiger partial charge in [0.1, 0.15) is 0 Å². The van der Waals surface area contributed by atoms with Crippen LogP contribution in [-0.2, 0) is 22.0 Å². The van der Waals surface area contributed by atoms with Gasteiger partial charge >= 0.3 is 0 Å². The Hall–Kier alpha value is -3.10. The number of rotatable bonds is 7. The third-order valence-corrected chi connectivity index (χ3v) is 6.62. The minimum absolute atomic E-state index is 0.360. The van der Waals surface area contributed by atoms with E-state index in [0.29, 0.717) is 0 Å². The summed E-state index contributed by atoms with van der Waals surface area (Å²) in [5.41, 5.74) is 2.35. The maximum Gasteiger partial charge on any atom is 0.289 e. The van der Waals surface area contributed by atoms with E-state index in [-0.39, 0.29) is 4.90 Å². The molecule has 0 aliphatic heterocycles. The second-order valence-corrected chi connectivity index (χ2v) is 9.07. The summed E-state index contributed by atoms with van der Waals surface area (Å²) in [4.78, 5) is 14.4. The number of sulfonamides is 1. The van der Waals surface area contributed by atoms with Crippen molar-refractivity contribution in [2.45, 2.75) is 37.6 Å². The van der Waals surface area contributed by atoms with Crippen LogP contribution in [0.2, 0.25) is 0 Å². The lowest BCUT2D eigenvalue weighted by Crippen LogP contribution is -2.41. The van der Waals surface area contributed by atoms with Crippen molar-refractivity contribution in [2.75, 3.05) is 0 Å². The molecule has 0 aliphatic rings. The highest BCUT2D eigenvalue weighted by atomic mass is 32.2. The van der Waals surface area contributed by atoms with E-state index in [1.165, 1.54) is 24.3 Å². The molecular weight excluding hydrogens is 402 g/mol. The Labute approximate surface area is 176 Å². The van der Waals surface area contributed by atoms with Crippen LogP contribution >= 0.6 is 0 Å². The second-order valence-electron chi connectivity index (χ2n) is 7.42. The molecule has 0 aliphatic carbocycles. The summed E-state index contributed by atoms with van der Waals surface area (Å²) in [6.07, 6.45) is 4.37. The van der Waals surface area contributed by atoms with Crippen LogP contribution in [-0.4, -0.2) is 18.3 Å². The molecule has 0 spiro atoms. The van der Waals surface area contributed by atoms with Gasteiger partial charge in [0.05, 0.1) is 10.5 Å². The van der Waals surface area contributed by atoms with E-state index >= 15 is 0 Å². The molecule has 0 fully saturated rings. The first-order chi connectivity index (χ1) is 14.2. The van der Waals surface area contributed by atoms with Crippen molar-refractivity contribution in [2.24, 2.45) is 0 Å². The van der Waals surface area contributed by atoms with E-state index in [2.05, 4.69) is 16.6 Å². The molecule has 1 N–H and O–H groups in total. The van der Waals surface area contributed by atoms with E-state index in [0.717, 1.165) is 28.7 Å². The highest BCUT2D eigenvalue weighted by molar-refractivity contribution is 7.89. The van der Waals surface area contributed by atoms with Crippen molar-refractivity contribution in [3.8, 4) is 11.1 Å². The lowest BCUT2D eigenvalue weighted by Gasteiger charge is -2.27. The predicted molar refractivity (Wildman–Crippen MR) is 115 cm³/mol. The maximum atomic E-state index is 13.0. The molecule has 2 aromatic carbocycles. The minimum atomic E-state index is -4.13. The van der Waals surface area contributed by atoms with E-state index in [9.17, 15) is 18.5 Å². The summed E-state index contributed by atoms with van der Waals surface area (Å²) in [6, 6.07) is 14.8. The number of hydrogen-bond acceptors (Lipinski definition) is 5. The number of aromatic nitrogens is 1. The molecule has 3 aromatic rings. The van der Waals surface area contributed by atoms with Crippen LogP contribution in [0, 0.1) is 10.1 Å². The fourth-order valence-corrected chi connectivity index (χ4v) is 4.93. The predicted octanol–water partition coefficient (Wildman–Crippen LogP) is 4.43. The fraction of sp³-hybridized carbons (Fsp3) is 0.227. The third kappa shape index (κ3) is 4.39. The Balaban J connectivity index is 2.00. The molecular formula is C22H23N3O4S. The number of benzene rings is 2. The van der Waals surface area contributed by atoms with Gasteiger partial charge in [0.25, 0.3) is 5.69 Å². The Bertz CT molecular complexity index is 1190. The summed E-state index contributed by atoms with van der Waals surface area (Å²) in [6.45, 7) is 5.51. The van der Waals surface area contributed by atoms with Gasteiger partial charge in [0.2, 0.25) is 10.0 Å². The van der Waals surface area contributed by atoms with Crippen molar-refractivity contribution in [1.82, 2.24) is 9.71 Å². The van der Waals surface area contributed by atoms with Crippen molar-refractivity contribution >= 4 is 15.7 Å². The lowest BCUT2D eigenvalue weighted by molar-refractivity contribution is -0.387. The molecule has 0 saturated heterocycles. The first kappa shape index (κ1) is 21.6. The van der Waals surface area contributed by atoms with Crippen LogP contribution in [0.25, 0.3) is 11.1 Å². The van der Waals surface area contributed by atoms with E-state index in [4.69, 9.17) is 0 Å². The number of nitro groups is 1. The molecule has 8 heteroatoms. The topological polar surface area (TPSA) is 102 Å². The summed E-state index contributed by atoms with van der Waals surface area (Å²) in [5.74, 6) is 0. The zero-order chi connectivity index (χ0) is 21.9. The Kier molecular flexibility index (Phi) is 6.00. The molecule has 1 aromatic heterocycles. The van der Waals surface area contributed by atoms with E-state index in [1.54, 1.807) is 20.0 Å². The first-order valence-corrected chi connectivity index (χ1v) is 10.9. The van der Waals surface area contributed by atoms with Gasteiger partial charge in [0.15, 0.2) is 4.90 Å². The second kappa shape index (κ2) is 8.33. The quantitative estimate of drug-likeness (QED) is 0.445. The van der Waals surface area contributed by atoms with Crippen molar-refractivity contribution in [3.63, 3.8) is 0 Å². The number of para-hydroxylation sites is 1. The fourth-order valence-electron chi connectivity index (χ4n) is 3.35. The van der Waals surface area contributed by atoms with Gasteiger partial charge in [-0.1, -0.05) is 37.3 Å². The highest BCUT2D eigenvalue weighted by Crippen LogP contribution is 2.31. The maximum absolute atomic E-state index is 13.0. The van der Waals surface area contributed by atoms with Crippen LogP contribution in [0.5, 0.6) is 0 Å². The molecule has 0 atom stereocenters. The van der Waals surface area contributed by atoms with Crippen molar-refractivity contribution < 1.29 is 13.3 Å². The zero-order valence-electron chi connectivity index (χ0n) is 17.0. The van der Waals surface area contributed by atoms with E-state index in [1.807, 2.05) is 36.5 Å². The van der Waals surface area contributed by atoms with Crippen LogP contribution in [0.3, 0.4) is 0 Å². The molecule has 0 radical (unpaired) electrons. The Morgan fingerprint density at radius 1 is 1.10 bits per heavy atom. The molecule has 30 heavy (non-hydrogen) atoms. The molecule has 0 bridgehead atoms. The number of hydrogen-bond donors (Lipinski definition) is 1. The number of nitro benzene ring substituents is 1. The van der Waals surface area contributed by atoms with Gasteiger partial charge in [-0.3, -0.25) is 15.1 Å². The standard InChI is InChI=1S/C22H23N3O4S/c1-4-16-15-23-13-12-19(16)17-8-7-9-18(14-17)22(2,3)24-30(28,29)21-11-6-5-10-20(21)25(26)27/h5-15,24H,4H2,1-3H3. The van der Waals surface area contributed by atoms with Crippen LogP contribution in [0.15, 0.2) is 71.9 Å². The van der Waals surface area contributed by atoms with Crippen molar-refractivity contribution in [3.05, 3.63) is 88.2 Å². The Morgan fingerprint density at radius 3 is 2.53 bits per heavy atom. The summed E-state index contributed by atoms with van der Waals surface area (Å²) >= 11 is 0. The summed E-state index contributed by atoms with van der Waals surface area (Å²) in [7, 11) is -4.13. The number of nitrogens with one attached hydrogen (secondary N) is 1. The van der Waals surface area contributed by atoms with Crippen LogP contribution in [0.1, 0.15) is 31.9 Å². The van der Waals surface area contributed by atoms with Crippen LogP contribution < -0.4 is 4.72 Å². The first-order valence-electron chi connectivity index (χ1n) is 9.47. The largest absolute Gasteiger partial charge is 0.289 e. The van der Waals surface area contributed by atoms with Gasteiger partial charge < -0.3 is 0 Å². The van der Waals surface area contributed by atoms with Crippen molar-refractivity contribution in [1.29, 1.82) is 0 Å². The zero-order valence-corrected chi connectivity index (χ0v) is 17.8. The van der Waals surface area contributed by atoms with E-state index < -0.39 is 26.2 Å². The van der Waals surface area contributed by atoms with Gasteiger partial charge in [-0.05, 0) is 60.7 Å². The van der Waals surface area contributed by atoms with Gasteiger partial charge in [-0.15, -0.1) is 0 Å². The van der Waals surface area contributed by atoms with Gasteiger partial charge in [-0.2, -0.15) is 0 Å². The third-order valence-electron chi connectivity index (χ3n) is 4.92. The number of pyridine rings is 1. The molecule has 7 nitrogen and oxygen atoms in total. The normalized spacial score (nSPS) is 12.0. The monoisotopic (exact) mass is 425 g/mol. The average Bonchev–Trinajstić information content (AvgIpc) is 2.73. The summed E-state index contributed by atoms with van der Waals surface area (Å²) in [5, 5.41) is 11.3. The number of nitrogens with zero attached hydrogens (tertiary/aromatic N) is 2. The molecule has 0 saturated carbocycles. The smallest absolute Gasteiger partial charge is 0.264 e. The average molecular weight is 426 g/mol. The van der Waals surface area contributed by atoms with Gasteiger partial charge in [-0.25, -0.2) is 13.1 Å². The minimum Gasteiger partial charge on any atom is -0.264 e. The van der Waals surface area contributed by atoms with Gasteiger partial charge in [0, 0.05) is 18.5 Å². The summed E-state index contributed by atoms with van der Waals surface area (Å²) < 4.78 is 28.6. The highest BCUT2D eigenvalue weighted by Gasteiger charge is 2.32. The number of aryl methyl sites for hydroxylation is 1. The SMILES string of the molecule is CCc1cnccc1-c1cccc(C(C)(C)NS(=O)(=O)c2ccccc2[N+](=O)[O-])c1. The molecule has 0 amide bonds. The molecule has 1 heterocycles. The Morgan fingerprint density at radius 2 is 1.83 bits per heavy atom. The lowest BCUT2D eigenvalue weighted by atomic mass is 9.91. The molecule has 3 rings (SSSR count).